The summed E-state index contributed by atoms with van der Waals surface area (Å²) in [5.74, 6) is 1.54. The average Bonchev–Trinajstić information content (AvgIpc) is 3.09. The molecule has 7 heteroatoms. The zero-order valence-electron chi connectivity index (χ0n) is 12.6. The van der Waals surface area contributed by atoms with Crippen LogP contribution in [0.25, 0.3) is 11.5 Å². The van der Waals surface area contributed by atoms with Crippen LogP contribution in [0.3, 0.4) is 0 Å². The third kappa shape index (κ3) is 4.74. The number of aromatic nitrogens is 2. The van der Waals surface area contributed by atoms with Crippen LogP contribution < -0.4 is 4.74 Å². The standard InChI is InChI=1S/C17H15ClN2O3S/c18-13-8-6-12(7-9-13)16-19-20-17(23-16)24-11-14(21)10-22-15-4-2-1-3-5-15/h1-9,14,21H,10-11H2/t14-/m1/s1. The van der Waals surface area contributed by atoms with Gasteiger partial charge >= 0.3 is 0 Å². The fraction of sp³-hybridized carbons (Fsp3) is 0.176. The Morgan fingerprint density at radius 2 is 1.83 bits per heavy atom. The fourth-order valence-corrected chi connectivity index (χ4v) is 2.70. The van der Waals surface area contributed by atoms with E-state index in [1.54, 1.807) is 12.1 Å². The first-order chi connectivity index (χ1) is 11.7. The third-order valence-electron chi connectivity index (χ3n) is 3.08. The van der Waals surface area contributed by atoms with Crippen molar-refractivity contribution in [2.45, 2.75) is 11.3 Å². The first-order valence-electron chi connectivity index (χ1n) is 7.29. The summed E-state index contributed by atoms with van der Waals surface area (Å²) in [6, 6.07) is 16.5. The van der Waals surface area contributed by atoms with E-state index >= 15 is 0 Å². The number of hydrogen-bond acceptors (Lipinski definition) is 6. The van der Waals surface area contributed by atoms with Crippen LogP contribution in [-0.2, 0) is 0 Å². The highest BCUT2D eigenvalue weighted by atomic mass is 35.5. The zero-order chi connectivity index (χ0) is 16.8. The van der Waals surface area contributed by atoms with E-state index in [0.717, 1.165) is 11.3 Å². The van der Waals surface area contributed by atoms with Crippen LogP contribution in [0.4, 0.5) is 0 Å². The number of ether oxygens (including phenoxy) is 1. The van der Waals surface area contributed by atoms with E-state index in [1.807, 2.05) is 42.5 Å². The molecule has 1 N–H and O–H groups in total. The fourth-order valence-electron chi connectivity index (χ4n) is 1.90. The van der Waals surface area contributed by atoms with Crippen molar-refractivity contribution in [1.82, 2.24) is 10.2 Å². The number of para-hydroxylation sites is 1. The van der Waals surface area contributed by atoms with Gasteiger partial charge in [0.2, 0.25) is 5.89 Å². The number of halogens is 1. The van der Waals surface area contributed by atoms with Crippen LogP contribution in [0, 0.1) is 0 Å². The first-order valence-corrected chi connectivity index (χ1v) is 8.65. The van der Waals surface area contributed by atoms with Gasteiger partial charge in [-0.1, -0.05) is 41.6 Å². The second-order valence-corrected chi connectivity index (χ2v) is 6.38. The van der Waals surface area contributed by atoms with Crippen molar-refractivity contribution in [3.63, 3.8) is 0 Å². The van der Waals surface area contributed by atoms with Gasteiger partial charge < -0.3 is 14.3 Å². The summed E-state index contributed by atoms with van der Waals surface area (Å²) in [7, 11) is 0. The van der Waals surface area contributed by atoms with Crippen LogP contribution in [0.2, 0.25) is 5.02 Å². The van der Waals surface area contributed by atoms with Crippen LogP contribution in [-0.4, -0.2) is 33.8 Å². The van der Waals surface area contributed by atoms with Gasteiger partial charge in [0.05, 0.1) is 6.10 Å². The van der Waals surface area contributed by atoms with Crippen molar-refractivity contribution in [3.8, 4) is 17.2 Å². The van der Waals surface area contributed by atoms with Gasteiger partial charge in [-0.2, -0.15) is 0 Å². The van der Waals surface area contributed by atoms with Crippen LogP contribution in [0.5, 0.6) is 5.75 Å². The van der Waals surface area contributed by atoms with Crippen LogP contribution in [0.1, 0.15) is 0 Å². The number of rotatable bonds is 7. The van der Waals surface area contributed by atoms with Crippen molar-refractivity contribution in [2.75, 3.05) is 12.4 Å². The molecule has 0 aliphatic heterocycles. The van der Waals surface area contributed by atoms with Crippen molar-refractivity contribution in [2.24, 2.45) is 0 Å². The molecule has 24 heavy (non-hydrogen) atoms. The van der Waals surface area contributed by atoms with E-state index in [1.165, 1.54) is 11.8 Å². The van der Waals surface area contributed by atoms with Gasteiger partial charge in [-0.25, -0.2) is 0 Å². The molecule has 0 fully saturated rings. The van der Waals surface area contributed by atoms with Crippen molar-refractivity contribution >= 4 is 23.4 Å². The largest absolute Gasteiger partial charge is 0.491 e. The second kappa shape index (κ2) is 8.19. The molecule has 3 rings (SSSR count). The Hall–Kier alpha value is -2.02. The highest BCUT2D eigenvalue weighted by Gasteiger charge is 2.12. The van der Waals surface area contributed by atoms with Crippen molar-refractivity contribution in [3.05, 3.63) is 59.6 Å². The van der Waals surface area contributed by atoms with E-state index in [-0.39, 0.29) is 6.61 Å². The lowest BCUT2D eigenvalue weighted by Gasteiger charge is -2.10. The Morgan fingerprint density at radius 3 is 2.58 bits per heavy atom. The first kappa shape index (κ1) is 16.8. The topological polar surface area (TPSA) is 68.4 Å². The molecule has 0 aliphatic rings. The summed E-state index contributed by atoms with van der Waals surface area (Å²) >= 11 is 7.14. The number of aliphatic hydroxyl groups is 1. The maximum absolute atomic E-state index is 9.98. The van der Waals surface area contributed by atoms with Gasteiger partial charge in [0, 0.05) is 16.3 Å². The lowest BCUT2D eigenvalue weighted by molar-refractivity contribution is 0.126. The van der Waals surface area contributed by atoms with Crippen LogP contribution in [0.15, 0.2) is 64.2 Å². The monoisotopic (exact) mass is 362 g/mol. The molecule has 3 aromatic rings. The molecule has 0 aliphatic carbocycles. The highest BCUT2D eigenvalue weighted by molar-refractivity contribution is 7.99. The second-order valence-electron chi connectivity index (χ2n) is 4.97. The zero-order valence-corrected chi connectivity index (χ0v) is 14.2. The van der Waals surface area contributed by atoms with Crippen LogP contribution >= 0.6 is 23.4 Å². The Kier molecular flexibility index (Phi) is 5.74. The summed E-state index contributed by atoms with van der Waals surface area (Å²) in [5, 5.41) is 19.0. The SMILES string of the molecule is O[C@H](COc1ccccc1)CSc1nnc(-c2ccc(Cl)cc2)o1. The summed E-state index contributed by atoms with van der Waals surface area (Å²) < 4.78 is 11.1. The predicted octanol–water partition coefficient (Wildman–Crippen LogP) is 3.92. The molecule has 1 atom stereocenters. The third-order valence-corrected chi connectivity index (χ3v) is 4.30. The molecule has 0 amide bonds. The molecular weight excluding hydrogens is 348 g/mol. The Balaban J connectivity index is 1.49. The van der Waals surface area contributed by atoms with Gasteiger partial charge in [-0.15, -0.1) is 10.2 Å². The predicted molar refractivity (Wildman–Crippen MR) is 93.4 cm³/mol. The molecule has 0 radical (unpaired) electrons. The Labute approximate surface area is 148 Å². The molecule has 2 aromatic carbocycles. The minimum atomic E-state index is -0.638. The van der Waals surface area contributed by atoms with Gasteiger partial charge in [-0.05, 0) is 36.4 Å². The molecule has 0 bridgehead atoms. The molecular formula is C17H15ClN2O3S. The van der Waals surface area contributed by atoms with Crippen molar-refractivity contribution < 1.29 is 14.3 Å². The van der Waals surface area contributed by atoms with E-state index in [0.29, 0.717) is 21.9 Å². The minimum absolute atomic E-state index is 0.204. The summed E-state index contributed by atoms with van der Waals surface area (Å²) in [5.41, 5.74) is 0.798. The number of benzene rings is 2. The molecule has 0 saturated heterocycles. The molecule has 124 valence electrons. The number of nitrogens with zero attached hydrogens (tertiary/aromatic N) is 2. The lowest BCUT2D eigenvalue weighted by Crippen LogP contribution is -2.20. The maximum atomic E-state index is 9.98. The number of thioether (sulfide) groups is 1. The molecule has 1 aromatic heterocycles. The molecule has 0 saturated carbocycles. The van der Waals surface area contributed by atoms with E-state index in [2.05, 4.69) is 10.2 Å². The highest BCUT2D eigenvalue weighted by Crippen LogP contribution is 2.24. The summed E-state index contributed by atoms with van der Waals surface area (Å²) in [4.78, 5) is 0. The summed E-state index contributed by atoms with van der Waals surface area (Å²) in [6.07, 6.45) is -0.638. The lowest BCUT2D eigenvalue weighted by atomic mass is 10.2. The molecule has 1 heterocycles. The summed E-state index contributed by atoms with van der Waals surface area (Å²) in [6.45, 7) is 0.204. The number of hydrogen-bond donors (Lipinski definition) is 1. The van der Waals surface area contributed by atoms with E-state index in [4.69, 9.17) is 20.8 Å². The molecule has 0 unspecified atom stereocenters. The van der Waals surface area contributed by atoms with Gasteiger partial charge in [0.25, 0.3) is 5.22 Å². The van der Waals surface area contributed by atoms with Gasteiger partial charge in [-0.3, -0.25) is 0 Å². The smallest absolute Gasteiger partial charge is 0.276 e. The normalized spacial score (nSPS) is 12.1. The Morgan fingerprint density at radius 1 is 1.08 bits per heavy atom. The van der Waals surface area contributed by atoms with Crippen molar-refractivity contribution in [1.29, 1.82) is 0 Å². The Bertz CT molecular complexity index is 765. The van der Waals surface area contributed by atoms with Gasteiger partial charge in [0.15, 0.2) is 0 Å². The average molecular weight is 363 g/mol. The van der Waals surface area contributed by atoms with E-state index in [9.17, 15) is 5.11 Å². The number of aliphatic hydroxyl groups excluding tert-OH is 1. The van der Waals surface area contributed by atoms with Gasteiger partial charge in [0.1, 0.15) is 12.4 Å². The molecule has 0 spiro atoms. The quantitative estimate of drug-likeness (QED) is 0.642. The minimum Gasteiger partial charge on any atom is -0.491 e. The van der Waals surface area contributed by atoms with E-state index < -0.39 is 6.10 Å². The molecule has 5 nitrogen and oxygen atoms in total. The maximum Gasteiger partial charge on any atom is 0.276 e.